The molecule has 3 aromatic rings. The lowest BCUT2D eigenvalue weighted by molar-refractivity contribution is -0.277. The number of aromatic hydroxyl groups is 3. The molecule has 1 aliphatic rings. The van der Waals surface area contributed by atoms with Crippen LogP contribution in [0.15, 0.2) is 45.6 Å². The predicted octanol–water partition coefficient (Wildman–Crippen LogP) is -0.245. The van der Waals surface area contributed by atoms with Crippen LogP contribution in [0.25, 0.3) is 22.3 Å². The lowest BCUT2D eigenvalue weighted by Gasteiger charge is -2.39. The van der Waals surface area contributed by atoms with Crippen LogP contribution < -0.4 is 10.2 Å². The molecule has 7 N–H and O–H groups in total. The second-order valence-corrected chi connectivity index (χ2v) is 7.29. The van der Waals surface area contributed by atoms with E-state index in [1.165, 1.54) is 30.3 Å². The molecule has 5 atom stereocenters. The van der Waals surface area contributed by atoms with E-state index in [9.17, 15) is 40.5 Å². The highest BCUT2D eigenvalue weighted by molar-refractivity contribution is 5.88. The Kier molecular flexibility index (Phi) is 5.67. The molecule has 4 rings (SSSR count). The SMILES string of the molecule is O=c1c(O)c(-c2ccc(O)cc2)oc2cc(O[C@@H]3O[C@H](CO)[C@@H](O)[C@H](O)[C@H]3O)cc(O)c12. The molecule has 0 amide bonds. The minimum absolute atomic E-state index is 0.0377. The van der Waals surface area contributed by atoms with E-state index in [0.29, 0.717) is 0 Å². The number of rotatable bonds is 4. The summed E-state index contributed by atoms with van der Waals surface area (Å²) in [5.74, 6) is -1.73. The Labute approximate surface area is 179 Å². The number of hydrogen-bond donors (Lipinski definition) is 7. The van der Waals surface area contributed by atoms with E-state index in [0.717, 1.165) is 6.07 Å². The monoisotopic (exact) mass is 448 g/mol. The second kappa shape index (κ2) is 8.30. The fraction of sp³-hybridized carbons (Fsp3) is 0.286. The van der Waals surface area contributed by atoms with Gasteiger partial charge in [-0.15, -0.1) is 0 Å². The van der Waals surface area contributed by atoms with Gasteiger partial charge in [0.1, 0.15) is 52.6 Å². The summed E-state index contributed by atoms with van der Waals surface area (Å²) in [7, 11) is 0. The van der Waals surface area contributed by atoms with Crippen LogP contribution in [0, 0.1) is 0 Å². The van der Waals surface area contributed by atoms with Crippen LogP contribution in [0.5, 0.6) is 23.0 Å². The minimum atomic E-state index is -1.69. The average Bonchev–Trinajstić information content (AvgIpc) is 2.77. The van der Waals surface area contributed by atoms with Crippen LogP contribution >= 0.6 is 0 Å². The molecule has 1 aliphatic heterocycles. The van der Waals surface area contributed by atoms with Gasteiger partial charge in [-0.2, -0.15) is 0 Å². The maximum absolute atomic E-state index is 12.6. The molecule has 1 saturated heterocycles. The van der Waals surface area contributed by atoms with Gasteiger partial charge in [0.25, 0.3) is 0 Å². The molecule has 0 bridgehead atoms. The van der Waals surface area contributed by atoms with Crippen molar-refractivity contribution in [1.29, 1.82) is 0 Å². The highest BCUT2D eigenvalue weighted by Gasteiger charge is 2.44. The molecule has 0 aliphatic carbocycles. The van der Waals surface area contributed by atoms with Crippen LogP contribution in [-0.4, -0.2) is 73.1 Å². The van der Waals surface area contributed by atoms with Gasteiger partial charge in [-0.3, -0.25) is 4.79 Å². The topological polar surface area (TPSA) is 190 Å². The van der Waals surface area contributed by atoms with E-state index in [4.69, 9.17) is 13.9 Å². The summed E-state index contributed by atoms with van der Waals surface area (Å²) in [6, 6.07) is 7.69. The van der Waals surface area contributed by atoms with Crippen LogP contribution in [-0.2, 0) is 4.74 Å². The van der Waals surface area contributed by atoms with Crippen LogP contribution in [0.4, 0.5) is 0 Å². The third kappa shape index (κ3) is 3.72. The zero-order valence-corrected chi connectivity index (χ0v) is 16.3. The molecule has 1 aromatic heterocycles. The van der Waals surface area contributed by atoms with Gasteiger partial charge >= 0.3 is 0 Å². The predicted molar refractivity (Wildman–Crippen MR) is 107 cm³/mol. The fourth-order valence-corrected chi connectivity index (χ4v) is 3.44. The highest BCUT2D eigenvalue weighted by atomic mass is 16.7. The third-order valence-electron chi connectivity index (χ3n) is 5.15. The van der Waals surface area contributed by atoms with Crippen LogP contribution in [0.2, 0.25) is 0 Å². The standard InChI is InChI=1S/C21H20O11/c22-7-13-15(25)17(27)19(29)21(32-13)30-10-5-11(24)14-12(6-10)31-20(18(28)16(14)26)8-1-3-9(23)4-2-8/h1-6,13,15,17,19,21-25,27-29H,7H2/t13-,15-,17+,19-,21-/m1/s1. The molecule has 32 heavy (non-hydrogen) atoms. The van der Waals surface area contributed by atoms with Crippen molar-refractivity contribution in [3.8, 4) is 34.3 Å². The van der Waals surface area contributed by atoms with Gasteiger partial charge in [-0.05, 0) is 24.3 Å². The second-order valence-electron chi connectivity index (χ2n) is 7.29. The van der Waals surface area contributed by atoms with Gasteiger partial charge < -0.3 is 49.6 Å². The molecule has 0 spiro atoms. The first kappa shape index (κ1) is 21.9. The Morgan fingerprint density at radius 1 is 0.938 bits per heavy atom. The number of aliphatic hydroxyl groups is 4. The first-order valence-electron chi connectivity index (χ1n) is 9.50. The Morgan fingerprint density at radius 3 is 2.28 bits per heavy atom. The molecular formula is C21H20O11. The van der Waals surface area contributed by atoms with Gasteiger partial charge in [-0.1, -0.05) is 0 Å². The summed E-state index contributed by atoms with van der Waals surface area (Å²) < 4.78 is 16.3. The smallest absolute Gasteiger partial charge is 0.238 e. The van der Waals surface area contributed by atoms with Crippen molar-refractivity contribution in [2.45, 2.75) is 30.7 Å². The van der Waals surface area contributed by atoms with Crippen molar-refractivity contribution in [3.05, 3.63) is 46.6 Å². The molecule has 0 radical (unpaired) electrons. The lowest BCUT2D eigenvalue weighted by atomic mass is 9.99. The van der Waals surface area contributed by atoms with Gasteiger partial charge in [0.15, 0.2) is 5.76 Å². The summed E-state index contributed by atoms with van der Waals surface area (Å²) in [5.41, 5.74) is -0.805. The Morgan fingerprint density at radius 2 is 1.62 bits per heavy atom. The van der Waals surface area contributed by atoms with E-state index in [1.54, 1.807) is 0 Å². The average molecular weight is 448 g/mol. The number of phenols is 2. The Bertz CT molecular complexity index is 1190. The molecule has 0 unspecified atom stereocenters. The molecule has 11 nitrogen and oxygen atoms in total. The summed E-state index contributed by atoms with van der Waals surface area (Å²) in [6.45, 7) is -0.655. The zero-order chi connectivity index (χ0) is 23.2. The van der Waals surface area contributed by atoms with E-state index < -0.39 is 54.2 Å². The minimum Gasteiger partial charge on any atom is -0.508 e. The fourth-order valence-electron chi connectivity index (χ4n) is 3.44. The van der Waals surface area contributed by atoms with Crippen molar-refractivity contribution in [2.75, 3.05) is 6.61 Å². The van der Waals surface area contributed by atoms with Gasteiger partial charge in [-0.25, -0.2) is 0 Å². The molecule has 170 valence electrons. The normalized spacial score (nSPS) is 25.7. The first-order valence-corrected chi connectivity index (χ1v) is 9.50. The number of fused-ring (bicyclic) bond motifs is 1. The van der Waals surface area contributed by atoms with Crippen LogP contribution in [0.3, 0.4) is 0 Å². The Hall–Kier alpha value is -3.35. The molecule has 0 saturated carbocycles. The first-order chi connectivity index (χ1) is 15.2. The highest BCUT2D eigenvalue weighted by Crippen LogP contribution is 2.36. The zero-order valence-electron chi connectivity index (χ0n) is 16.3. The number of aliphatic hydroxyl groups excluding tert-OH is 4. The van der Waals surface area contributed by atoms with E-state index >= 15 is 0 Å². The lowest BCUT2D eigenvalue weighted by Crippen LogP contribution is -2.60. The number of ether oxygens (including phenoxy) is 2. The maximum Gasteiger partial charge on any atom is 0.238 e. The number of phenolic OH excluding ortho intramolecular Hbond substituents is 2. The van der Waals surface area contributed by atoms with Crippen molar-refractivity contribution < 1.29 is 49.6 Å². The molecule has 11 heteroatoms. The molecule has 2 aromatic carbocycles. The quantitative estimate of drug-likeness (QED) is 0.279. The van der Waals surface area contributed by atoms with Gasteiger partial charge in [0, 0.05) is 17.7 Å². The van der Waals surface area contributed by atoms with Gasteiger partial charge in [0.2, 0.25) is 17.5 Å². The Balaban J connectivity index is 1.75. The maximum atomic E-state index is 12.6. The number of benzene rings is 2. The molecular weight excluding hydrogens is 428 g/mol. The van der Waals surface area contributed by atoms with E-state index in [-0.39, 0.29) is 33.8 Å². The van der Waals surface area contributed by atoms with Gasteiger partial charge in [0.05, 0.1) is 6.61 Å². The largest absolute Gasteiger partial charge is 0.508 e. The van der Waals surface area contributed by atoms with Crippen molar-refractivity contribution in [2.24, 2.45) is 0 Å². The summed E-state index contributed by atoms with van der Waals surface area (Å²) in [6.07, 6.45) is -7.67. The third-order valence-corrected chi connectivity index (χ3v) is 5.15. The van der Waals surface area contributed by atoms with E-state index in [1.807, 2.05) is 0 Å². The van der Waals surface area contributed by atoms with Crippen molar-refractivity contribution >= 4 is 11.0 Å². The summed E-state index contributed by atoms with van der Waals surface area (Å²) >= 11 is 0. The van der Waals surface area contributed by atoms with Crippen molar-refractivity contribution in [3.63, 3.8) is 0 Å². The van der Waals surface area contributed by atoms with E-state index in [2.05, 4.69) is 0 Å². The summed E-state index contributed by atoms with van der Waals surface area (Å²) in [5, 5.41) is 68.9. The molecule has 1 fully saturated rings. The van der Waals surface area contributed by atoms with Crippen LogP contribution in [0.1, 0.15) is 0 Å². The van der Waals surface area contributed by atoms with Crippen molar-refractivity contribution in [1.82, 2.24) is 0 Å². The molecule has 2 heterocycles. The number of hydrogen-bond acceptors (Lipinski definition) is 11. The summed E-state index contributed by atoms with van der Waals surface area (Å²) in [4.78, 5) is 12.6.